The van der Waals surface area contributed by atoms with E-state index in [2.05, 4.69) is 10.6 Å². The second-order valence-electron chi connectivity index (χ2n) is 3.75. The Morgan fingerprint density at radius 1 is 1.42 bits per heavy atom. The lowest BCUT2D eigenvalue weighted by Gasteiger charge is -2.17. The van der Waals surface area contributed by atoms with E-state index in [-0.39, 0.29) is 11.3 Å². The lowest BCUT2D eigenvalue weighted by Crippen LogP contribution is -2.47. The monoisotopic (exact) mass is 275 g/mol. The molecule has 0 aromatic heterocycles. The fourth-order valence-electron chi connectivity index (χ4n) is 1.40. The van der Waals surface area contributed by atoms with Crippen LogP contribution in [0.1, 0.15) is 11.1 Å². The summed E-state index contributed by atoms with van der Waals surface area (Å²) in [5.74, 6) is 2.27. The zero-order chi connectivity index (χ0) is 14.8. The van der Waals surface area contributed by atoms with Crippen LogP contribution in [0.2, 0.25) is 0 Å². The molecule has 0 bridgehead atoms. The lowest BCUT2D eigenvalue weighted by atomic mass is 10.1. The first kappa shape index (κ1) is 14.8. The van der Waals surface area contributed by atoms with Crippen molar-refractivity contribution < 1.29 is 23.2 Å². The van der Waals surface area contributed by atoms with Crippen molar-refractivity contribution in [1.82, 2.24) is 5.43 Å². The van der Waals surface area contributed by atoms with Crippen LogP contribution >= 0.6 is 0 Å². The molecule has 0 aliphatic carbocycles. The standard InChI is InChI=1S/C10H11F2N3O4/c1-5-3-6(2)8(4-7(5)15(17)18)19-10(11,12)9(16)14-13/h3-4H,13H2,1-2H3,(H,14,16). The second kappa shape index (κ2) is 5.14. The molecule has 0 spiro atoms. The largest absolute Gasteiger partial charge is 0.483 e. The minimum atomic E-state index is -4.22. The average Bonchev–Trinajstić information content (AvgIpc) is 2.30. The van der Waals surface area contributed by atoms with Gasteiger partial charge in [0.15, 0.2) is 0 Å². The minimum absolute atomic E-state index is 0.229. The molecular formula is C10H11F2N3O4. The van der Waals surface area contributed by atoms with E-state index in [0.717, 1.165) is 6.07 Å². The molecule has 1 aromatic carbocycles. The zero-order valence-corrected chi connectivity index (χ0v) is 10.1. The van der Waals surface area contributed by atoms with Gasteiger partial charge in [-0.05, 0) is 25.5 Å². The topological polar surface area (TPSA) is 107 Å². The molecule has 9 heteroatoms. The van der Waals surface area contributed by atoms with Gasteiger partial charge in [0.25, 0.3) is 5.69 Å². The number of benzene rings is 1. The van der Waals surface area contributed by atoms with Crippen molar-refractivity contribution in [2.45, 2.75) is 20.0 Å². The molecule has 19 heavy (non-hydrogen) atoms. The molecule has 0 atom stereocenters. The smallest absolute Gasteiger partial charge is 0.425 e. The predicted molar refractivity (Wildman–Crippen MR) is 60.5 cm³/mol. The molecule has 0 aliphatic rings. The number of carbonyl (C=O) groups excluding carboxylic acids is 1. The molecular weight excluding hydrogens is 264 g/mol. The van der Waals surface area contributed by atoms with Gasteiger partial charge in [0.05, 0.1) is 11.0 Å². The summed E-state index contributed by atoms with van der Waals surface area (Å²) < 4.78 is 30.7. The SMILES string of the molecule is Cc1cc(C)c([N+](=O)[O-])cc1OC(F)(F)C(=O)NN. The van der Waals surface area contributed by atoms with Crippen molar-refractivity contribution in [1.29, 1.82) is 0 Å². The van der Waals surface area contributed by atoms with Gasteiger partial charge >= 0.3 is 12.0 Å². The lowest BCUT2D eigenvalue weighted by molar-refractivity contribution is -0.385. The molecule has 1 aromatic rings. The van der Waals surface area contributed by atoms with Gasteiger partial charge in [-0.25, -0.2) is 5.84 Å². The van der Waals surface area contributed by atoms with Crippen LogP contribution in [0.5, 0.6) is 5.75 Å². The van der Waals surface area contributed by atoms with Crippen molar-refractivity contribution in [3.05, 3.63) is 33.4 Å². The van der Waals surface area contributed by atoms with E-state index in [1.165, 1.54) is 25.3 Å². The van der Waals surface area contributed by atoms with Gasteiger partial charge in [-0.1, -0.05) is 0 Å². The Morgan fingerprint density at radius 3 is 2.47 bits per heavy atom. The summed E-state index contributed by atoms with van der Waals surface area (Å²) in [5, 5.41) is 10.7. The molecule has 1 amide bonds. The zero-order valence-electron chi connectivity index (χ0n) is 10.1. The molecule has 1 rings (SSSR count). The van der Waals surface area contributed by atoms with E-state index < -0.39 is 22.7 Å². The third-order valence-electron chi connectivity index (χ3n) is 2.32. The van der Waals surface area contributed by atoms with Crippen LogP contribution in [0.4, 0.5) is 14.5 Å². The van der Waals surface area contributed by atoms with Crippen molar-refractivity contribution in [3.8, 4) is 5.75 Å². The van der Waals surface area contributed by atoms with Crippen molar-refractivity contribution in [2.75, 3.05) is 0 Å². The maximum Gasteiger partial charge on any atom is 0.483 e. The molecule has 0 heterocycles. The number of aryl methyl sites for hydroxylation is 2. The quantitative estimate of drug-likeness (QED) is 0.371. The van der Waals surface area contributed by atoms with Crippen molar-refractivity contribution in [2.24, 2.45) is 5.84 Å². The normalized spacial score (nSPS) is 11.0. The molecule has 0 saturated heterocycles. The number of halogens is 2. The van der Waals surface area contributed by atoms with Gasteiger partial charge in [0.1, 0.15) is 5.75 Å². The molecule has 0 saturated carbocycles. The number of nitro groups is 1. The maximum absolute atomic E-state index is 13.2. The first-order valence-electron chi connectivity index (χ1n) is 5.02. The number of hydrogen-bond acceptors (Lipinski definition) is 5. The summed E-state index contributed by atoms with van der Waals surface area (Å²) in [5.41, 5.74) is 1.38. The van der Waals surface area contributed by atoms with Crippen molar-refractivity contribution >= 4 is 11.6 Å². The van der Waals surface area contributed by atoms with Gasteiger partial charge in [-0.15, -0.1) is 0 Å². The number of hydrogen-bond donors (Lipinski definition) is 2. The average molecular weight is 275 g/mol. The predicted octanol–water partition coefficient (Wildman–Crippen LogP) is 1.17. The third kappa shape index (κ3) is 3.13. The number of nitrogens with zero attached hydrogens (tertiary/aromatic N) is 1. The summed E-state index contributed by atoms with van der Waals surface area (Å²) in [6.45, 7) is 2.88. The molecule has 104 valence electrons. The van der Waals surface area contributed by atoms with E-state index in [1.807, 2.05) is 0 Å². The number of nitro benzene ring substituents is 1. The fraction of sp³-hybridized carbons (Fsp3) is 0.300. The van der Waals surface area contributed by atoms with Crippen LogP contribution in [0.25, 0.3) is 0 Å². The molecule has 0 aliphatic heterocycles. The first-order chi connectivity index (χ1) is 8.69. The molecule has 0 fully saturated rings. The Balaban J connectivity index is 3.18. The summed E-state index contributed by atoms with van der Waals surface area (Å²) in [6.07, 6.45) is -4.22. The Labute approximate surface area is 106 Å². The van der Waals surface area contributed by atoms with Crippen LogP contribution in [0.15, 0.2) is 12.1 Å². The Hall–Kier alpha value is -2.29. The van der Waals surface area contributed by atoms with Gasteiger partial charge < -0.3 is 4.74 Å². The number of rotatable bonds is 4. The van der Waals surface area contributed by atoms with Gasteiger partial charge in [-0.3, -0.25) is 20.3 Å². The summed E-state index contributed by atoms with van der Waals surface area (Å²) in [4.78, 5) is 20.8. The Kier molecular flexibility index (Phi) is 4.00. The highest BCUT2D eigenvalue weighted by Gasteiger charge is 2.42. The highest BCUT2D eigenvalue weighted by Crippen LogP contribution is 2.31. The molecule has 3 N–H and O–H groups in total. The second-order valence-corrected chi connectivity index (χ2v) is 3.75. The van der Waals surface area contributed by atoms with E-state index in [9.17, 15) is 23.7 Å². The number of nitrogens with two attached hydrogens (primary N) is 1. The summed E-state index contributed by atoms with van der Waals surface area (Å²) in [7, 11) is 0. The number of carbonyl (C=O) groups is 1. The number of alkyl halides is 2. The minimum Gasteiger partial charge on any atom is -0.425 e. The van der Waals surface area contributed by atoms with Gasteiger partial charge in [-0.2, -0.15) is 8.78 Å². The number of ether oxygens (including phenoxy) is 1. The summed E-state index contributed by atoms with van der Waals surface area (Å²) >= 11 is 0. The van der Waals surface area contributed by atoms with Crippen LogP contribution in [0, 0.1) is 24.0 Å². The third-order valence-corrected chi connectivity index (χ3v) is 2.32. The number of amides is 1. The Morgan fingerprint density at radius 2 is 2.00 bits per heavy atom. The van der Waals surface area contributed by atoms with E-state index in [4.69, 9.17) is 0 Å². The van der Waals surface area contributed by atoms with Crippen LogP contribution in [-0.2, 0) is 4.79 Å². The number of nitrogens with one attached hydrogen (secondary N) is 1. The molecule has 7 nitrogen and oxygen atoms in total. The van der Waals surface area contributed by atoms with Gasteiger partial charge in [0, 0.05) is 5.56 Å². The molecule has 0 unspecified atom stereocenters. The molecule has 0 radical (unpaired) electrons. The van der Waals surface area contributed by atoms with Crippen molar-refractivity contribution in [3.63, 3.8) is 0 Å². The first-order valence-corrected chi connectivity index (χ1v) is 5.02. The highest BCUT2D eigenvalue weighted by atomic mass is 19.3. The van der Waals surface area contributed by atoms with Gasteiger partial charge in [0.2, 0.25) is 0 Å². The fourth-order valence-corrected chi connectivity index (χ4v) is 1.40. The highest BCUT2D eigenvalue weighted by molar-refractivity contribution is 5.81. The maximum atomic E-state index is 13.2. The Bertz CT molecular complexity index is 534. The van der Waals surface area contributed by atoms with E-state index >= 15 is 0 Å². The van der Waals surface area contributed by atoms with E-state index in [0.29, 0.717) is 5.56 Å². The van der Waals surface area contributed by atoms with Crippen LogP contribution in [0.3, 0.4) is 0 Å². The summed E-state index contributed by atoms with van der Waals surface area (Å²) in [6, 6.07) is 2.15. The number of hydrazine groups is 1. The van der Waals surface area contributed by atoms with E-state index in [1.54, 1.807) is 0 Å². The van der Waals surface area contributed by atoms with Crippen LogP contribution in [-0.4, -0.2) is 16.9 Å². The van der Waals surface area contributed by atoms with Crippen LogP contribution < -0.4 is 16.0 Å².